The highest BCUT2D eigenvalue weighted by Gasteiger charge is 2.56. The summed E-state index contributed by atoms with van der Waals surface area (Å²) < 4.78 is 0.902. The van der Waals surface area contributed by atoms with Crippen LogP contribution in [0.2, 0.25) is 0 Å². The minimum absolute atomic E-state index is 0.0678. The quantitative estimate of drug-likeness (QED) is 0.123. The van der Waals surface area contributed by atoms with Crippen LogP contribution in [0, 0.1) is 23.2 Å². The largest absolute Gasteiger partial charge is 0.320 e. The predicted octanol–water partition coefficient (Wildman–Crippen LogP) is 9.50. The number of hydrogen-bond donors (Lipinski definition) is 0. The summed E-state index contributed by atoms with van der Waals surface area (Å²) in [6, 6.07) is 0.169. The summed E-state index contributed by atoms with van der Waals surface area (Å²) in [5.74, 6) is 3.24. The van der Waals surface area contributed by atoms with Gasteiger partial charge in [-0.3, -0.25) is 4.79 Å². The number of ketones is 1. The Kier molecular flexibility index (Phi) is 12.1. The SMILES string of the molecule is CCCCCCCCCCCCCCCCCC[N+](C)(C)C(C)C(=O)C12CC3CC(CC(C3)C1)C2. The topological polar surface area (TPSA) is 17.1 Å². The lowest BCUT2D eigenvalue weighted by Gasteiger charge is -2.57. The van der Waals surface area contributed by atoms with Crippen molar-refractivity contribution in [3.05, 3.63) is 0 Å². The van der Waals surface area contributed by atoms with Crippen LogP contribution in [0.4, 0.5) is 0 Å². The Morgan fingerprint density at radius 2 is 1.00 bits per heavy atom. The number of likely N-dealkylation sites (N-methyl/N-ethyl adjacent to an activating group) is 1. The van der Waals surface area contributed by atoms with Crippen molar-refractivity contribution in [3.63, 3.8) is 0 Å². The Morgan fingerprint density at radius 3 is 1.37 bits per heavy atom. The third-order valence-electron chi connectivity index (χ3n) is 10.6. The molecule has 4 rings (SSSR count). The van der Waals surface area contributed by atoms with Gasteiger partial charge in [-0.2, -0.15) is 0 Å². The monoisotopic (exact) mass is 488 g/mol. The number of rotatable bonds is 20. The summed E-state index contributed by atoms with van der Waals surface area (Å²) in [5.41, 5.74) is 0.0678. The van der Waals surface area contributed by atoms with Gasteiger partial charge in [0.15, 0.2) is 5.78 Å². The van der Waals surface area contributed by atoms with Gasteiger partial charge >= 0.3 is 0 Å². The molecule has 4 fully saturated rings. The molecule has 0 aromatic carbocycles. The van der Waals surface area contributed by atoms with Gasteiger partial charge in [-0.1, -0.05) is 96.8 Å². The van der Waals surface area contributed by atoms with E-state index >= 15 is 0 Å². The molecule has 4 aliphatic rings. The summed E-state index contributed by atoms with van der Waals surface area (Å²) in [6.45, 7) is 5.72. The molecule has 0 aliphatic heterocycles. The maximum atomic E-state index is 13.8. The Hall–Kier alpha value is -0.370. The van der Waals surface area contributed by atoms with Gasteiger partial charge in [0.05, 0.1) is 20.6 Å². The number of unbranched alkanes of at least 4 members (excludes halogenated alkanes) is 15. The minimum atomic E-state index is 0.0678. The Labute approximate surface area is 220 Å². The molecule has 4 aliphatic carbocycles. The third-order valence-corrected chi connectivity index (χ3v) is 10.6. The van der Waals surface area contributed by atoms with Crippen LogP contribution < -0.4 is 0 Å². The van der Waals surface area contributed by atoms with E-state index < -0.39 is 0 Å². The van der Waals surface area contributed by atoms with Crippen LogP contribution in [-0.4, -0.2) is 36.9 Å². The van der Waals surface area contributed by atoms with E-state index in [2.05, 4.69) is 27.9 Å². The molecule has 1 atom stereocenters. The summed E-state index contributed by atoms with van der Waals surface area (Å²) >= 11 is 0. The number of nitrogens with zero attached hydrogens (tertiary/aromatic N) is 1. The Balaban J connectivity index is 1.19. The van der Waals surface area contributed by atoms with Crippen LogP contribution in [0.1, 0.15) is 155 Å². The normalized spacial score (nSPS) is 28.5. The number of carbonyl (C=O) groups is 1. The number of quaternary nitrogens is 1. The highest BCUT2D eigenvalue weighted by atomic mass is 16.1. The van der Waals surface area contributed by atoms with Crippen LogP contribution in [0.25, 0.3) is 0 Å². The number of carbonyl (C=O) groups excluding carboxylic acids is 1. The van der Waals surface area contributed by atoms with Gasteiger partial charge in [-0.25, -0.2) is 0 Å². The zero-order chi connectivity index (χ0) is 25.2. The van der Waals surface area contributed by atoms with E-state index in [0.717, 1.165) is 28.8 Å². The molecule has 2 nitrogen and oxygen atoms in total. The van der Waals surface area contributed by atoms with Crippen molar-refractivity contribution >= 4 is 5.78 Å². The van der Waals surface area contributed by atoms with E-state index in [-0.39, 0.29) is 11.5 Å². The highest BCUT2D eigenvalue weighted by molar-refractivity contribution is 5.89. The lowest BCUT2D eigenvalue weighted by molar-refractivity contribution is -0.904. The minimum Gasteiger partial charge on any atom is -0.320 e. The molecule has 0 aromatic rings. The zero-order valence-electron chi connectivity index (χ0n) is 24.4. The fourth-order valence-corrected chi connectivity index (χ4v) is 8.43. The summed E-state index contributed by atoms with van der Waals surface area (Å²) in [5, 5.41) is 0. The average Bonchev–Trinajstić information content (AvgIpc) is 2.82. The van der Waals surface area contributed by atoms with E-state index in [4.69, 9.17) is 0 Å². The molecule has 2 heteroatoms. The zero-order valence-corrected chi connectivity index (χ0v) is 24.4. The van der Waals surface area contributed by atoms with Gasteiger partial charge in [0.25, 0.3) is 0 Å². The van der Waals surface area contributed by atoms with Gasteiger partial charge in [0.2, 0.25) is 0 Å². The lowest BCUT2D eigenvalue weighted by atomic mass is 9.48. The van der Waals surface area contributed by atoms with Crippen molar-refractivity contribution < 1.29 is 9.28 Å². The molecule has 0 aromatic heterocycles. The van der Waals surface area contributed by atoms with Crippen molar-refractivity contribution in [3.8, 4) is 0 Å². The molecule has 0 saturated heterocycles. The second-order valence-corrected chi connectivity index (χ2v) is 14.0. The fraction of sp³-hybridized carbons (Fsp3) is 0.970. The van der Waals surface area contributed by atoms with E-state index in [1.54, 1.807) is 0 Å². The van der Waals surface area contributed by atoms with Crippen molar-refractivity contribution in [1.29, 1.82) is 0 Å². The van der Waals surface area contributed by atoms with Gasteiger partial charge in [-0.15, -0.1) is 0 Å². The highest BCUT2D eigenvalue weighted by Crippen LogP contribution is 2.60. The molecule has 4 saturated carbocycles. The molecular formula is C33H62NO+. The molecule has 0 spiro atoms. The molecule has 0 amide bonds. The first kappa shape index (κ1) is 29.2. The first-order valence-electron chi connectivity index (χ1n) is 16.2. The van der Waals surface area contributed by atoms with E-state index in [0.29, 0.717) is 5.78 Å². The van der Waals surface area contributed by atoms with Crippen LogP contribution >= 0.6 is 0 Å². The molecule has 4 bridgehead atoms. The Morgan fingerprint density at radius 1 is 0.657 bits per heavy atom. The predicted molar refractivity (Wildman–Crippen MR) is 152 cm³/mol. The first-order chi connectivity index (χ1) is 16.9. The van der Waals surface area contributed by atoms with Crippen molar-refractivity contribution in [2.45, 2.75) is 161 Å². The molecule has 0 heterocycles. The van der Waals surface area contributed by atoms with Gasteiger partial charge in [0.1, 0.15) is 6.04 Å². The molecule has 0 radical (unpaired) electrons. The lowest BCUT2D eigenvalue weighted by Crippen LogP contribution is -2.59. The van der Waals surface area contributed by atoms with Crippen molar-refractivity contribution in [2.75, 3.05) is 20.6 Å². The number of hydrogen-bond acceptors (Lipinski definition) is 1. The molecule has 35 heavy (non-hydrogen) atoms. The standard InChI is InChI=1S/C33H62NO/c1-5-6-7-8-9-10-11-12-13-14-15-16-17-18-19-20-21-34(3,4)28(2)32(35)33-25-29-22-30(26-33)24-31(23-29)27-33/h28-31H,5-27H2,1-4H3/q+1. The van der Waals surface area contributed by atoms with E-state index in [1.807, 2.05) is 0 Å². The fourth-order valence-electron chi connectivity index (χ4n) is 8.43. The van der Waals surface area contributed by atoms with Crippen LogP contribution in [-0.2, 0) is 4.79 Å². The van der Waals surface area contributed by atoms with Crippen molar-refractivity contribution in [1.82, 2.24) is 0 Å². The number of Topliss-reactive ketones (excluding diaryl/α,β-unsaturated/α-hetero) is 1. The first-order valence-corrected chi connectivity index (χ1v) is 16.2. The average molecular weight is 489 g/mol. The van der Waals surface area contributed by atoms with Crippen LogP contribution in [0.15, 0.2) is 0 Å². The molecule has 1 unspecified atom stereocenters. The van der Waals surface area contributed by atoms with Gasteiger partial charge < -0.3 is 4.48 Å². The molecule has 0 N–H and O–H groups in total. The Bertz CT molecular complexity index is 573. The van der Waals surface area contributed by atoms with Crippen molar-refractivity contribution in [2.24, 2.45) is 23.2 Å². The summed E-state index contributed by atoms with van der Waals surface area (Å²) in [7, 11) is 4.66. The molecule has 204 valence electrons. The maximum absolute atomic E-state index is 13.8. The second-order valence-electron chi connectivity index (χ2n) is 14.0. The van der Waals surface area contributed by atoms with Gasteiger partial charge in [-0.05, 0) is 76.0 Å². The third kappa shape index (κ3) is 8.86. The summed E-state index contributed by atoms with van der Waals surface area (Å²) in [4.78, 5) is 13.8. The van der Waals surface area contributed by atoms with E-state index in [1.165, 1.54) is 141 Å². The summed E-state index contributed by atoms with van der Waals surface area (Å²) in [6.07, 6.45) is 30.7. The maximum Gasteiger partial charge on any atom is 0.195 e. The van der Waals surface area contributed by atoms with Gasteiger partial charge in [0, 0.05) is 5.41 Å². The van der Waals surface area contributed by atoms with E-state index in [9.17, 15) is 4.79 Å². The van der Waals surface area contributed by atoms with Crippen LogP contribution in [0.5, 0.6) is 0 Å². The smallest absolute Gasteiger partial charge is 0.195 e. The van der Waals surface area contributed by atoms with Crippen LogP contribution in [0.3, 0.4) is 0 Å². The molecular weight excluding hydrogens is 426 g/mol. The second kappa shape index (κ2) is 14.5.